The number of fused-ring (bicyclic) bond motifs is 1. The summed E-state index contributed by atoms with van der Waals surface area (Å²) in [6, 6.07) is 48.1. The van der Waals surface area contributed by atoms with Crippen molar-refractivity contribution in [3.63, 3.8) is 0 Å². The van der Waals surface area contributed by atoms with Gasteiger partial charge in [0.2, 0.25) is 0 Å². The molecular formula is C45H54O4Si2. The lowest BCUT2D eigenvalue weighted by atomic mass is 9.99. The van der Waals surface area contributed by atoms with E-state index in [9.17, 15) is 0 Å². The average Bonchev–Trinajstić information content (AvgIpc) is 3.26. The van der Waals surface area contributed by atoms with Gasteiger partial charge in [-0.15, -0.1) is 0 Å². The summed E-state index contributed by atoms with van der Waals surface area (Å²) < 4.78 is 27.6. The molecule has 51 heavy (non-hydrogen) atoms. The molecule has 0 fully saturated rings. The first kappa shape index (κ1) is 37.1. The molecule has 0 aromatic heterocycles. The van der Waals surface area contributed by atoms with Crippen molar-refractivity contribution in [2.75, 3.05) is 0 Å². The molecule has 0 aliphatic carbocycles. The summed E-state index contributed by atoms with van der Waals surface area (Å²) in [4.78, 5) is 0. The first-order valence-electron chi connectivity index (χ1n) is 18.2. The Labute approximate surface area is 308 Å². The smallest absolute Gasteiger partial charge is 0.261 e. The van der Waals surface area contributed by atoms with Crippen molar-refractivity contribution in [1.82, 2.24) is 0 Å². The van der Waals surface area contributed by atoms with Gasteiger partial charge in [0.15, 0.2) is 5.79 Å². The summed E-state index contributed by atoms with van der Waals surface area (Å²) in [7, 11) is -5.61. The molecule has 5 aromatic carbocycles. The Morgan fingerprint density at radius 3 is 1.02 bits per heavy atom. The van der Waals surface area contributed by atoms with Crippen molar-refractivity contribution in [3.05, 3.63) is 156 Å². The van der Waals surface area contributed by atoms with Gasteiger partial charge in [-0.25, -0.2) is 0 Å². The number of hydrogen-bond donors (Lipinski definition) is 0. The Balaban J connectivity index is 1.48. The average molecular weight is 715 g/mol. The van der Waals surface area contributed by atoms with Crippen molar-refractivity contribution < 1.29 is 18.3 Å². The van der Waals surface area contributed by atoms with Gasteiger partial charge < -0.3 is 18.3 Å². The van der Waals surface area contributed by atoms with E-state index in [2.05, 4.69) is 175 Å². The normalized spacial score (nSPS) is 15.2. The van der Waals surface area contributed by atoms with Crippen LogP contribution in [0.1, 0.15) is 77.6 Å². The van der Waals surface area contributed by atoms with E-state index in [0.29, 0.717) is 26.4 Å². The SMILES string of the molecule is CC1(C)OCc2cc(CO[Si](c3ccccc3)(c3ccccc3)C(C)(C)C)c(CO[Si](c3ccccc3)(c3ccccc3)C(C)(C)C)cc2CO1. The third-order valence-corrected chi connectivity index (χ3v) is 20.4. The van der Waals surface area contributed by atoms with Gasteiger partial charge in [0.1, 0.15) is 0 Å². The van der Waals surface area contributed by atoms with Gasteiger partial charge in [0, 0.05) is 0 Å². The molecule has 5 aromatic rings. The topological polar surface area (TPSA) is 36.9 Å². The van der Waals surface area contributed by atoms with Crippen molar-refractivity contribution in [2.24, 2.45) is 0 Å². The quantitative estimate of drug-likeness (QED) is 0.136. The molecule has 1 aliphatic rings. The maximum absolute atomic E-state index is 7.55. The Bertz CT molecular complexity index is 1660. The van der Waals surface area contributed by atoms with Crippen LogP contribution in [0.5, 0.6) is 0 Å². The molecule has 0 spiro atoms. The Morgan fingerprint density at radius 1 is 0.490 bits per heavy atom. The van der Waals surface area contributed by atoms with E-state index in [0.717, 1.165) is 22.3 Å². The number of hydrogen-bond acceptors (Lipinski definition) is 4. The lowest BCUT2D eigenvalue weighted by molar-refractivity contribution is -0.219. The van der Waals surface area contributed by atoms with Crippen LogP contribution in [-0.2, 0) is 44.8 Å². The first-order valence-corrected chi connectivity index (χ1v) is 22.0. The van der Waals surface area contributed by atoms with Crippen LogP contribution in [0.15, 0.2) is 133 Å². The van der Waals surface area contributed by atoms with Crippen LogP contribution in [0, 0.1) is 0 Å². The van der Waals surface area contributed by atoms with E-state index in [1.807, 2.05) is 13.8 Å². The van der Waals surface area contributed by atoms with Gasteiger partial charge in [-0.2, -0.15) is 0 Å². The zero-order valence-corrected chi connectivity index (χ0v) is 33.7. The summed E-state index contributed by atoms with van der Waals surface area (Å²) >= 11 is 0. The second kappa shape index (κ2) is 14.8. The van der Waals surface area contributed by atoms with Crippen LogP contribution < -0.4 is 20.7 Å². The number of rotatable bonds is 10. The van der Waals surface area contributed by atoms with E-state index < -0.39 is 22.4 Å². The minimum absolute atomic E-state index is 0.145. The molecule has 266 valence electrons. The number of benzene rings is 5. The Morgan fingerprint density at radius 2 is 0.765 bits per heavy atom. The fraction of sp³-hybridized carbons (Fsp3) is 0.333. The largest absolute Gasteiger partial charge is 0.403 e. The summed E-state index contributed by atoms with van der Waals surface area (Å²) in [6.45, 7) is 19.8. The van der Waals surface area contributed by atoms with Crippen molar-refractivity contribution in [2.45, 2.75) is 97.7 Å². The molecule has 0 saturated heterocycles. The van der Waals surface area contributed by atoms with Crippen LogP contribution >= 0.6 is 0 Å². The number of ether oxygens (including phenoxy) is 2. The highest BCUT2D eigenvalue weighted by Crippen LogP contribution is 2.40. The zero-order valence-electron chi connectivity index (χ0n) is 31.7. The lowest BCUT2D eigenvalue weighted by Gasteiger charge is -2.44. The standard InChI is InChI=1S/C45H54O4Si2/c1-43(2,3)50(39-21-13-9-14-22-39,40-23-15-10-16-24-40)48-33-37-29-35-31-46-45(7,8)47-32-36(35)30-38(37)34-49-51(44(4,5)6,41-25-17-11-18-26-41)42-27-19-12-20-28-42/h9-30H,31-34H2,1-8H3. The zero-order chi connectivity index (χ0) is 36.3. The molecule has 1 aliphatic heterocycles. The lowest BCUT2D eigenvalue weighted by Crippen LogP contribution is -2.66. The Kier molecular flexibility index (Phi) is 10.8. The molecule has 6 heteroatoms. The molecule has 1 heterocycles. The fourth-order valence-electron chi connectivity index (χ4n) is 7.77. The second-order valence-electron chi connectivity index (χ2n) is 16.3. The van der Waals surface area contributed by atoms with Gasteiger partial charge in [-0.3, -0.25) is 0 Å². The van der Waals surface area contributed by atoms with Crippen LogP contribution in [0.3, 0.4) is 0 Å². The summed E-state index contributed by atoms with van der Waals surface area (Å²) in [5, 5.41) is 4.77. The summed E-state index contributed by atoms with van der Waals surface area (Å²) in [5.74, 6) is -0.670. The highest BCUT2D eigenvalue weighted by molar-refractivity contribution is 7.00. The molecule has 0 N–H and O–H groups in total. The fourth-order valence-corrected chi connectivity index (χ4v) is 16.8. The minimum Gasteiger partial charge on any atom is -0.403 e. The van der Waals surface area contributed by atoms with Gasteiger partial charge >= 0.3 is 0 Å². The van der Waals surface area contributed by atoms with Crippen LogP contribution in [-0.4, -0.2) is 22.4 Å². The predicted molar refractivity (Wildman–Crippen MR) is 215 cm³/mol. The third-order valence-electron chi connectivity index (χ3n) is 10.4. The van der Waals surface area contributed by atoms with Gasteiger partial charge in [0.25, 0.3) is 16.6 Å². The minimum atomic E-state index is -2.81. The molecule has 0 amide bonds. The van der Waals surface area contributed by atoms with Crippen molar-refractivity contribution >= 4 is 37.4 Å². The molecule has 0 bridgehead atoms. The van der Waals surface area contributed by atoms with Gasteiger partial charge in [-0.05, 0) is 66.9 Å². The summed E-state index contributed by atoms with van der Waals surface area (Å²) in [6.07, 6.45) is 0. The summed E-state index contributed by atoms with van der Waals surface area (Å²) in [5.41, 5.74) is 4.53. The van der Waals surface area contributed by atoms with Crippen LogP contribution in [0.25, 0.3) is 0 Å². The Hall–Kier alpha value is -3.63. The van der Waals surface area contributed by atoms with Crippen molar-refractivity contribution in [1.29, 1.82) is 0 Å². The monoisotopic (exact) mass is 714 g/mol. The van der Waals surface area contributed by atoms with Crippen LogP contribution in [0.2, 0.25) is 10.1 Å². The maximum atomic E-state index is 7.55. The van der Waals surface area contributed by atoms with E-state index in [4.69, 9.17) is 18.3 Å². The molecule has 4 nitrogen and oxygen atoms in total. The molecule has 0 unspecified atom stereocenters. The molecular weight excluding hydrogens is 661 g/mol. The third kappa shape index (κ3) is 7.50. The second-order valence-corrected chi connectivity index (χ2v) is 24.9. The van der Waals surface area contributed by atoms with Gasteiger partial charge in [0.05, 0.1) is 26.4 Å². The molecule has 0 radical (unpaired) electrons. The van der Waals surface area contributed by atoms with Crippen molar-refractivity contribution in [3.8, 4) is 0 Å². The van der Waals surface area contributed by atoms with E-state index in [-0.39, 0.29) is 10.1 Å². The molecule has 0 atom stereocenters. The van der Waals surface area contributed by atoms with Crippen LogP contribution in [0.4, 0.5) is 0 Å². The van der Waals surface area contributed by atoms with E-state index in [1.54, 1.807) is 0 Å². The predicted octanol–water partition coefficient (Wildman–Crippen LogP) is 8.62. The van der Waals surface area contributed by atoms with E-state index in [1.165, 1.54) is 20.7 Å². The highest BCUT2D eigenvalue weighted by Gasteiger charge is 2.51. The van der Waals surface area contributed by atoms with Gasteiger partial charge in [-0.1, -0.05) is 175 Å². The van der Waals surface area contributed by atoms with E-state index >= 15 is 0 Å². The maximum Gasteiger partial charge on any atom is 0.261 e. The molecule has 0 saturated carbocycles. The highest BCUT2D eigenvalue weighted by atomic mass is 28.4. The first-order chi connectivity index (χ1) is 24.3. The molecule has 6 rings (SSSR count).